The van der Waals surface area contributed by atoms with E-state index >= 15 is 0 Å². The SMILES string of the molecule is COc1ccc(S(=O)(=O)N(C)CC(C)(C)CN)cc1Cl.Cl. The summed E-state index contributed by atoms with van der Waals surface area (Å²) in [6.07, 6.45) is 0. The number of methoxy groups -OCH3 is 1. The molecular weight excluding hydrogens is 335 g/mol. The van der Waals surface area contributed by atoms with Crippen LogP contribution in [0.3, 0.4) is 0 Å². The fraction of sp³-hybridized carbons (Fsp3) is 0.538. The first-order valence-corrected chi connectivity index (χ1v) is 7.96. The zero-order valence-electron chi connectivity index (χ0n) is 12.6. The number of benzene rings is 1. The zero-order valence-corrected chi connectivity index (χ0v) is 15.0. The summed E-state index contributed by atoms with van der Waals surface area (Å²) in [5, 5.41) is 0.264. The van der Waals surface area contributed by atoms with Crippen molar-refractivity contribution in [2.24, 2.45) is 11.1 Å². The second-order valence-corrected chi connectivity index (χ2v) is 7.88. The van der Waals surface area contributed by atoms with E-state index in [4.69, 9.17) is 22.1 Å². The molecule has 0 saturated carbocycles. The van der Waals surface area contributed by atoms with Crippen LogP contribution >= 0.6 is 24.0 Å². The van der Waals surface area contributed by atoms with Crippen LogP contribution in [-0.4, -0.2) is 40.0 Å². The molecule has 0 fully saturated rings. The summed E-state index contributed by atoms with van der Waals surface area (Å²) in [6, 6.07) is 4.41. The van der Waals surface area contributed by atoms with Gasteiger partial charge in [-0.3, -0.25) is 0 Å². The molecule has 0 heterocycles. The van der Waals surface area contributed by atoms with Crippen LogP contribution in [-0.2, 0) is 10.0 Å². The molecular formula is C13H22Cl2N2O3S. The summed E-state index contributed by atoms with van der Waals surface area (Å²) in [7, 11) is -0.582. The maximum absolute atomic E-state index is 12.5. The van der Waals surface area contributed by atoms with Crippen molar-refractivity contribution in [1.29, 1.82) is 0 Å². The van der Waals surface area contributed by atoms with Crippen molar-refractivity contribution < 1.29 is 13.2 Å². The summed E-state index contributed by atoms with van der Waals surface area (Å²) in [5.41, 5.74) is 5.35. The van der Waals surface area contributed by atoms with E-state index in [1.54, 1.807) is 0 Å². The molecule has 1 aromatic carbocycles. The number of rotatable bonds is 6. The van der Waals surface area contributed by atoms with E-state index in [2.05, 4.69) is 0 Å². The van der Waals surface area contributed by atoms with E-state index in [0.717, 1.165) is 0 Å². The topological polar surface area (TPSA) is 72.6 Å². The number of nitrogens with zero attached hydrogens (tertiary/aromatic N) is 1. The van der Waals surface area contributed by atoms with Crippen molar-refractivity contribution in [3.05, 3.63) is 23.2 Å². The minimum Gasteiger partial charge on any atom is -0.495 e. The van der Waals surface area contributed by atoms with Gasteiger partial charge in [0.25, 0.3) is 0 Å². The van der Waals surface area contributed by atoms with E-state index in [1.165, 1.54) is 36.7 Å². The Bertz CT molecular complexity index is 577. The molecule has 0 amide bonds. The molecule has 2 N–H and O–H groups in total. The average Bonchev–Trinajstić information content (AvgIpc) is 2.38. The lowest BCUT2D eigenvalue weighted by molar-refractivity contribution is 0.292. The number of ether oxygens (including phenoxy) is 1. The number of hydrogen-bond donors (Lipinski definition) is 1. The molecule has 0 bridgehead atoms. The molecule has 0 aromatic heterocycles. The van der Waals surface area contributed by atoms with Crippen LogP contribution in [0.15, 0.2) is 23.1 Å². The normalized spacial score (nSPS) is 12.1. The van der Waals surface area contributed by atoms with E-state index in [-0.39, 0.29) is 27.7 Å². The van der Waals surface area contributed by atoms with Crippen molar-refractivity contribution in [3.63, 3.8) is 0 Å². The zero-order chi connectivity index (χ0) is 15.6. The fourth-order valence-corrected chi connectivity index (χ4v) is 3.45. The lowest BCUT2D eigenvalue weighted by Gasteiger charge is -2.28. The molecule has 1 aromatic rings. The highest BCUT2D eigenvalue weighted by molar-refractivity contribution is 7.89. The van der Waals surface area contributed by atoms with E-state index in [9.17, 15) is 8.42 Å². The molecule has 0 aliphatic rings. The monoisotopic (exact) mass is 356 g/mol. The smallest absolute Gasteiger partial charge is 0.242 e. The maximum atomic E-state index is 12.5. The Kier molecular flexibility index (Phi) is 7.45. The first kappa shape index (κ1) is 20.5. The molecule has 21 heavy (non-hydrogen) atoms. The van der Waals surface area contributed by atoms with E-state index in [0.29, 0.717) is 18.8 Å². The minimum absolute atomic E-state index is 0. The summed E-state index contributed by atoms with van der Waals surface area (Å²) in [5.74, 6) is 0.440. The Morgan fingerprint density at radius 1 is 1.38 bits per heavy atom. The molecule has 5 nitrogen and oxygen atoms in total. The average molecular weight is 357 g/mol. The third-order valence-corrected chi connectivity index (χ3v) is 5.13. The van der Waals surface area contributed by atoms with Crippen LogP contribution in [0.4, 0.5) is 0 Å². The van der Waals surface area contributed by atoms with Gasteiger partial charge in [-0.25, -0.2) is 12.7 Å². The molecule has 8 heteroatoms. The largest absolute Gasteiger partial charge is 0.495 e. The predicted octanol–water partition coefficient (Wildman–Crippen LogP) is 2.38. The molecule has 0 atom stereocenters. The molecule has 0 aliphatic carbocycles. The van der Waals surface area contributed by atoms with Gasteiger partial charge in [-0.15, -0.1) is 12.4 Å². The third-order valence-electron chi connectivity index (χ3n) is 3.03. The predicted molar refractivity (Wildman–Crippen MR) is 87.9 cm³/mol. The van der Waals surface area contributed by atoms with Gasteiger partial charge in [0.05, 0.1) is 17.0 Å². The minimum atomic E-state index is -3.59. The van der Waals surface area contributed by atoms with Gasteiger partial charge >= 0.3 is 0 Å². The van der Waals surface area contributed by atoms with Crippen LogP contribution in [0.5, 0.6) is 5.75 Å². The van der Waals surface area contributed by atoms with Crippen molar-refractivity contribution in [3.8, 4) is 5.75 Å². The van der Waals surface area contributed by atoms with Gasteiger partial charge in [0.2, 0.25) is 10.0 Å². The van der Waals surface area contributed by atoms with Gasteiger partial charge in [0, 0.05) is 13.6 Å². The Morgan fingerprint density at radius 3 is 2.38 bits per heavy atom. The van der Waals surface area contributed by atoms with Crippen LogP contribution in [0.2, 0.25) is 5.02 Å². The summed E-state index contributed by atoms with van der Waals surface area (Å²) >= 11 is 5.97. The number of nitrogens with two attached hydrogens (primary N) is 1. The van der Waals surface area contributed by atoms with Crippen LogP contribution in [0, 0.1) is 5.41 Å². The third kappa shape index (κ3) is 5.00. The molecule has 0 unspecified atom stereocenters. The Labute approximate surface area is 137 Å². The maximum Gasteiger partial charge on any atom is 0.242 e. The Morgan fingerprint density at radius 2 is 1.95 bits per heavy atom. The van der Waals surface area contributed by atoms with Crippen molar-refractivity contribution in [2.75, 3.05) is 27.2 Å². The first-order chi connectivity index (χ1) is 9.14. The highest BCUT2D eigenvalue weighted by Gasteiger charge is 2.27. The molecule has 0 aliphatic heterocycles. The second-order valence-electron chi connectivity index (χ2n) is 5.43. The van der Waals surface area contributed by atoms with Gasteiger partial charge in [0.1, 0.15) is 5.75 Å². The van der Waals surface area contributed by atoms with Gasteiger partial charge < -0.3 is 10.5 Å². The molecule has 122 valence electrons. The molecule has 0 radical (unpaired) electrons. The van der Waals surface area contributed by atoms with Crippen LogP contribution in [0.1, 0.15) is 13.8 Å². The van der Waals surface area contributed by atoms with Crippen LogP contribution in [0.25, 0.3) is 0 Å². The second kappa shape index (κ2) is 7.65. The fourth-order valence-electron chi connectivity index (χ4n) is 1.74. The van der Waals surface area contributed by atoms with Gasteiger partial charge in [-0.05, 0) is 30.2 Å². The number of halogens is 2. The summed E-state index contributed by atoms with van der Waals surface area (Å²) in [4.78, 5) is 0.138. The van der Waals surface area contributed by atoms with E-state index < -0.39 is 10.0 Å². The summed E-state index contributed by atoms with van der Waals surface area (Å²) in [6.45, 7) is 4.56. The van der Waals surface area contributed by atoms with Crippen molar-refractivity contribution in [1.82, 2.24) is 4.31 Å². The van der Waals surface area contributed by atoms with Crippen LogP contribution < -0.4 is 10.5 Å². The number of hydrogen-bond acceptors (Lipinski definition) is 4. The number of sulfonamides is 1. The van der Waals surface area contributed by atoms with Gasteiger partial charge in [-0.2, -0.15) is 0 Å². The molecule has 0 saturated heterocycles. The Balaban J connectivity index is 0.00000400. The first-order valence-electron chi connectivity index (χ1n) is 6.14. The summed E-state index contributed by atoms with van der Waals surface area (Å²) < 4.78 is 31.2. The van der Waals surface area contributed by atoms with Crippen molar-refractivity contribution in [2.45, 2.75) is 18.7 Å². The van der Waals surface area contributed by atoms with Crippen molar-refractivity contribution >= 4 is 34.0 Å². The van der Waals surface area contributed by atoms with Gasteiger partial charge in [0.15, 0.2) is 0 Å². The lowest BCUT2D eigenvalue weighted by atomic mass is 9.94. The lowest BCUT2D eigenvalue weighted by Crippen LogP contribution is -2.39. The standard InChI is InChI=1S/C13H21ClN2O3S.ClH/c1-13(2,8-15)9-16(3)20(17,18)10-5-6-12(19-4)11(14)7-10;/h5-7H,8-9,15H2,1-4H3;1H. The molecule has 0 spiro atoms. The van der Waals surface area contributed by atoms with E-state index in [1.807, 2.05) is 13.8 Å². The highest BCUT2D eigenvalue weighted by atomic mass is 35.5. The highest BCUT2D eigenvalue weighted by Crippen LogP contribution is 2.28. The molecule has 1 rings (SSSR count). The Hall–Kier alpha value is -0.530. The van der Waals surface area contributed by atoms with Gasteiger partial charge in [-0.1, -0.05) is 25.4 Å². The quantitative estimate of drug-likeness (QED) is 0.848.